The summed E-state index contributed by atoms with van der Waals surface area (Å²) in [4.78, 5) is 33.3. The Hall–Kier alpha value is -3.78. The topological polar surface area (TPSA) is 115 Å². The number of primary amides is 1. The van der Waals surface area contributed by atoms with E-state index in [9.17, 15) is 40.3 Å². The number of hydrogen-bond donors (Lipinski definition) is 2. The van der Waals surface area contributed by atoms with Crippen LogP contribution in [0, 0.1) is 11.8 Å². The van der Waals surface area contributed by atoms with Gasteiger partial charge in [0.2, 0.25) is 11.8 Å². The summed E-state index contributed by atoms with van der Waals surface area (Å²) in [6, 6.07) is 3.42. The lowest BCUT2D eigenvalue weighted by Gasteiger charge is -2.33. The number of nitrogens with zero attached hydrogens (tertiary/aromatic N) is 4. The highest BCUT2D eigenvalue weighted by atomic mass is 19.4. The first-order valence-electron chi connectivity index (χ1n) is 14.3. The predicted molar refractivity (Wildman–Crippen MR) is 143 cm³/mol. The first-order valence-corrected chi connectivity index (χ1v) is 14.3. The van der Waals surface area contributed by atoms with Crippen molar-refractivity contribution in [2.45, 2.75) is 88.3 Å². The summed E-state index contributed by atoms with van der Waals surface area (Å²) < 4.78 is 95.6. The summed E-state index contributed by atoms with van der Waals surface area (Å²) in [6.45, 7) is 0.625. The van der Waals surface area contributed by atoms with E-state index in [1.165, 1.54) is 23.0 Å². The number of aromatic nitrogens is 4. The van der Waals surface area contributed by atoms with E-state index in [1.807, 2.05) is 0 Å². The maximum atomic E-state index is 14.1. The van der Waals surface area contributed by atoms with Gasteiger partial charge in [-0.15, -0.1) is 0 Å². The van der Waals surface area contributed by atoms with Crippen molar-refractivity contribution in [2.75, 3.05) is 0 Å². The van der Waals surface area contributed by atoms with E-state index < -0.39 is 84.8 Å². The van der Waals surface area contributed by atoms with Gasteiger partial charge in [-0.25, -0.2) is 23.3 Å². The van der Waals surface area contributed by atoms with Gasteiger partial charge in [0, 0.05) is 32.1 Å². The fourth-order valence-electron chi connectivity index (χ4n) is 5.85. The van der Waals surface area contributed by atoms with Crippen LogP contribution in [0.3, 0.4) is 0 Å². The van der Waals surface area contributed by atoms with Crippen LogP contribution in [-0.2, 0) is 10.7 Å². The Balaban J connectivity index is 1.51. The highest BCUT2D eigenvalue weighted by Crippen LogP contribution is 2.46. The van der Waals surface area contributed by atoms with E-state index in [2.05, 4.69) is 20.4 Å². The molecule has 0 bridgehead atoms. The van der Waals surface area contributed by atoms with Crippen molar-refractivity contribution < 1.29 is 40.3 Å². The lowest BCUT2D eigenvalue weighted by atomic mass is 9.74. The van der Waals surface area contributed by atoms with Gasteiger partial charge in [0.05, 0.1) is 30.6 Å². The minimum Gasteiger partial charge on any atom is -0.364 e. The van der Waals surface area contributed by atoms with Crippen LogP contribution in [0.25, 0.3) is 5.65 Å². The molecule has 0 spiro atoms. The summed E-state index contributed by atoms with van der Waals surface area (Å²) in [5.41, 5.74) is 5.80. The molecule has 2 saturated carbocycles. The molecule has 8 nitrogen and oxygen atoms in total. The second kappa shape index (κ2) is 11.6. The third kappa shape index (κ3) is 7.29. The summed E-state index contributed by atoms with van der Waals surface area (Å²) in [5.74, 6) is -9.29. The van der Waals surface area contributed by atoms with Crippen molar-refractivity contribution in [3.63, 3.8) is 0 Å². The number of hydrogen-bond acceptors (Lipinski definition) is 5. The average Bonchev–Trinajstić information content (AvgIpc) is 3.69. The summed E-state index contributed by atoms with van der Waals surface area (Å²) in [7, 11) is 0. The Morgan fingerprint density at radius 3 is 2.34 bits per heavy atom. The molecule has 2 amide bonds. The van der Waals surface area contributed by atoms with Crippen LogP contribution in [0.5, 0.6) is 0 Å². The molecule has 0 aliphatic heterocycles. The van der Waals surface area contributed by atoms with Crippen LogP contribution < -0.4 is 11.1 Å². The normalized spacial score (nSPS) is 19.1. The van der Waals surface area contributed by atoms with Crippen molar-refractivity contribution in [1.29, 1.82) is 0 Å². The van der Waals surface area contributed by atoms with E-state index >= 15 is 0 Å². The summed E-state index contributed by atoms with van der Waals surface area (Å²) >= 11 is 0. The minimum absolute atomic E-state index is 0.0135. The molecular weight excluding hydrogens is 597 g/mol. The molecule has 2 fully saturated rings. The number of carbonyl (C=O) groups excluding carboxylic acids is 2. The molecule has 2 atom stereocenters. The number of amides is 2. The molecule has 2 aliphatic rings. The van der Waals surface area contributed by atoms with Gasteiger partial charge < -0.3 is 11.1 Å². The fraction of sp³-hybridized carbons (Fsp3) is 0.552. The van der Waals surface area contributed by atoms with Crippen LogP contribution in [0.4, 0.5) is 30.7 Å². The van der Waals surface area contributed by atoms with E-state index in [0.717, 1.165) is 18.9 Å². The third-order valence-electron chi connectivity index (χ3n) is 8.26. The molecule has 3 aromatic heterocycles. The van der Waals surface area contributed by atoms with Crippen molar-refractivity contribution in [2.24, 2.45) is 17.6 Å². The molecule has 0 aromatic carbocycles. The number of imidazole rings is 1. The highest BCUT2D eigenvalue weighted by molar-refractivity contribution is 5.92. The van der Waals surface area contributed by atoms with Crippen LogP contribution in [0.1, 0.15) is 103 Å². The van der Waals surface area contributed by atoms with Crippen LogP contribution in [0.2, 0.25) is 0 Å². The molecule has 3 N–H and O–H groups in total. The van der Waals surface area contributed by atoms with Gasteiger partial charge in [0.1, 0.15) is 11.4 Å². The molecule has 5 rings (SSSR count). The molecule has 238 valence electrons. The smallest absolute Gasteiger partial charge is 0.364 e. The second-order valence-electron chi connectivity index (χ2n) is 11.8. The van der Waals surface area contributed by atoms with E-state index in [-0.39, 0.29) is 24.3 Å². The first-order chi connectivity index (χ1) is 20.5. The number of pyridine rings is 1. The van der Waals surface area contributed by atoms with Crippen molar-refractivity contribution >= 4 is 17.5 Å². The van der Waals surface area contributed by atoms with E-state index in [4.69, 9.17) is 5.73 Å². The molecule has 44 heavy (non-hydrogen) atoms. The standard InChI is InChI=1S/C29H31F7N6O2/c1-27(30,31)20-5-4-18(25(40-20)26(37)44)23(15-6-9-28(32,33)10-7-15)19-14-42-21(39-19)12-17(13-38-42)24(16-2-3-16)41-22(43)8-11-29(34,35)36/h4-5,12-16,23-24H,2-3,6-11H2,1H3,(H2,37,44)(H,41,43)/t23-,24+/m0/s1. The average molecular weight is 629 g/mol. The first kappa shape index (κ1) is 31.6. The predicted octanol–water partition coefficient (Wildman–Crippen LogP) is 6.20. The zero-order valence-corrected chi connectivity index (χ0v) is 23.7. The number of halogens is 7. The van der Waals surface area contributed by atoms with Gasteiger partial charge in [0.15, 0.2) is 5.65 Å². The van der Waals surface area contributed by atoms with Gasteiger partial charge in [-0.2, -0.15) is 27.1 Å². The third-order valence-corrected chi connectivity index (χ3v) is 8.26. The van der Waals surface area contributed by atoms with Gasteiger partial charge in [-0.3, -0.25) is 9.59 Å². The maximum absolute atomic E-state index is 14.1. The molecule has 3 aromatic rings. The van der Waals surface area contributed by atoms with E-state index in [1.54, 1.807) is 6.07 Å². The Kier molecular flexibility index (Phi) is 8.35. The largest absolute Gasteiger partial charge is 0.389 e. The van der Waals surface area contributed by atoms with Gasteiger partial charge >= 0.3 is 6.18 Å². The van der Waals surface area contributed by atoms with Gasteiger partial charge in [-0.1, -0.05) is 6.07 Å². The second-order valence-corrected chi connectivity index (χ2v) is 11.8. The Morgan fingerprint density at radius 2 is 1.75 bits per heavy atom. The lowest BCUT2D eigenvalue weighted by molar-refractivity contribution is -0.144. The molecule has 0 saturated heterocycles. The van der Waals surface area contributed by atoms with Crippen molar-refractivity contribution in [3.05, 3.63) is 58.8 Å². The summed E-state index contributed by atoms with van der Waals surface area (Å²) in [5, 5.41) is 7.05. The Bertz CT molecular complexity index is 1540. The van der Waals surface area contributed by atoms with Crippen molar-refractivity contribution in [3.8, 4) is 0 Å². The Labute approximate surface area is 247 Å². The van der Waals surface area contributed by atoms with Crippen molar-refractivity contribution in [1.82, 2.24) is 24.9 Å². The SMILES string of the molecule is CC(F)(F)c1ccc([C@@H](c2cn3ncc([C@H](NC(=O)CCC(F)(F)F)C4CC4)cc3n2)C2CCC(F)(F)CC2)c(C(N)=O)n1. The minimum atomic E-state index is -4.47. The number of rotatable bonds is 10. The number of carbonyl (C=O) groups is 2. The molecule has 15 heteroatoms. The van der Waals surface area contributed by atoms with Crippen LogP contribution >= 0.6 is 0 Å². The molecular formula is C29H31F7N6O2. The van der Waals surface area contributed by atoms with Crippen LogP contribution in [0.15, 0.2) is 30.6 Å². The molecule has 3 heterocycles. The van der Waals surface area contributed by atoms with Crippen LogP contribution in [-0.4, -0.2) is 43.5 Å². The van der Waals surface area contributed by atoms with Gasteiger partial charge in [-0.05, 0) is 60.8 Å². The maximum Gasteiger partial charge on any atom is 0.389 e. The number of fused-ring (bicyclic) bond motifs is 1. The molecule has 2 aliphatic carbocycles. The molecule has 0 radical (unpaired) electrons. The number of nitrogens with two attached hydrogens (primary N) is 1. The monoisotopic (exact) mass is 628 g/mol. The van der Waals surface area contributed by atoms with Gasteiger partial charge in [0.25, 0.3) is 11.8 Å². The highest BCUT2D eigenvalue weighted by Gasteiger charge is 2.41. The number of nitrogens with one attached hydrogen (secondary N) is 1. The number of alkyl halides is 7. The fourth-order valence-corrected chi connectivity index (χ4v) is 5.85. The zero-order chi connectivity index (χ0) is 32.0. The zero-order valence-electron chi connectivity index (χ0n) is 23.7. The lowest BCUT2D eigenvalue weighted by Crippen LogP contribution is -2.30. The summed E-state index contributed by atoms with van der Waals surface area (Å²) in [6.07, 6.45) is -2.60. The molecule has 0 unspecified atom stereocenters. The van der Waals surface area contributed by atoms with E-state index in [0.29, 0.717) is 23.8 Å². The Morgan fingerprint density at radius 1 is 1.07 bits per heavy atom. The quantitative estimate of drug-likeness (QED) is 0.260.